The fourth-order valence-corrected chi connectivity index (χ4v) is 4.23. The van der Waals surface area contributed by atoms with Crippen LogP contribution in [0, 0.1) is 12.7 Å². The zero-order valence-corrected chi connectivity index (χ0v) is 16.8. The van der Waals surface area contributed by atoms with Gasteiger partial charge in [-0.05, 0) is 48.1 Å². The Morgan fingerprint density at radius 2 is 1.93 bits per heavy atom. The molecule has 0 saturated carbocycles. The van der Waals surface area contributed by atoms with E-state index in [-0.39, 0.29) is 18.9 Å². The summed E-state index contributed by atoms with van der Waals surface area (Å²) < 4.78 is 13.3. The first-order valence-electron chi connectivity index (χ1n) is 8.95. The normalized spacial score (nSPS) is 19.1. The van der Waals surface area contributed by atoms with Crippen molar-refractivity contribution in [2.45, 2.75) is 32.4 Å². The highest BCUT2D eigenvalue weighted by Gasteiger charge is 2.51. The molecule has 0 unspecified atom stereocenters. The molecular formula is C20H22FN3O3S. The number of nitrogens with zero attached hydrogens (tertiary/aromatic N) is 2. The minimum absolute atomic E-state index is 0.290. The monoisotopic (exact) mass is 403 g/mol. The molecule has 2 aromatic rings. The molecule has 0 radical (unpaired) electrons. The Labute approximate surface area is 166 Å². The lowest BCUT2D eigenvalue weighted by molar-refractivity contribution is -0.138. The Morgan fingerprint density at radius 1 is 1.25 bits per heavy atom. The average molecular weight is 403 g/mol. The van der Waals surface area contributed by atoms with Crippen LogP contribution in [0.3, 0.4) is 0 Å². The van der Waals surface area contributed by atoms with Gasteiger partial charge in [-0.3, -0.25) is 14.5 Å². The van der Waals surface area contributed by atoms with E-state index in [1.54, 1.807) is 25.3 Å². The van der Waals surface area contributed by atoms with Crippen LogP contribution < -0.4 is 5.32 Å². The fourth-order valence-electron chi connectivity index (χ4n) is 3.27. The average Bonchev–Trinajstić information content (AvgIpc) is 3.18. The number of benzene rings is 1. The first-order valence-corrected chi connectivity index (χ1v) is 9.83. The number of urea groups is 1. The van der Waals surface area contributed by atoms with E-state index in [2.05, 4.69) is 5.32 Å². The molecule has 1 aromatic heterocycles. The molecule has 1 fully saturated rings. The largest absolute Gasteiger partial charge is 0.339 e. The van der Waals surface area contributed by atoms with Crippen LogP contribution in [-0.2, 0) is 21.7 Å². The third-order valence-corrected chi connectivity index (χ3v) is 6.12. The van der Waals surface area contributed by atoms with Crippen molar-refractivity contribution in [1.82, 2.24) is 15.1 Å². The number of carbonyl (C=O) groups excluding carboxylic acids is 3. The number of carbonyl (C=O) groups is 3. The Morgan fingerprint density at radius 3 is 2.50 bits per heavy atom. The zero-order chi connectivity index (χ0) is 20.5. The van der Waals surface area contributed by atoms with Gasteiger partial charge in [0, 0.05) is 11.9 Å². The molecular weight excluding hydrogens is 381 g/mol. The minimum atomic E-state index is -1.28. The molecule has 2 heterocycles. The quantitative estimate of drug-likeness (QED) is 0.754. The first kappa shape index (κ1) is 20.0. The lowest BCUT2D eigenvalue weighted by Crippen LogP contribution is -2.45. The maximum absolute atomic E-state index is 13.3. The zero-order valence-electron chi connectivity index (χ0n) is 16.0. The summed E-state index contributed by atoms with van der Waals surface area (Å²) in [5.41, 5.74) is 0.307. The standard InChI is InChI=1S/C20H22FN3O3S/c1-4-20(14-5-7-15(21)8-6-14)18(26)24(19(27)22-20)12-17(25)23(3)11-16-13(2)9-10-28-16/h5-10H,4,11-12H2,1-3H3,(H,22,27)/t20-/m1/s1. The Kier molecular flexibility index (Phi) is 5.51. The van der Waals surface area contributed by atoms with Crippen LogP contribution in [0.1, 0.15) is 29.3 Å². The molecule has 1 aromatic carbocycles. The van der Waals surface area contributed by atoms with Crippen LogP contribution in [0.15, 0.2) is 35.7 Å². The van der Waals surface area contributed by atoms with Gasteiger partial charge in [0.2, 0.25) is 5.91 Å². The number of rotatable bonds is 6. The molecule has 0 bridgehead atoms. The van der Waals surface area contributed by atoms with Crippen molar-refractivity contribution in [2.75, 3.05) is 13.6 Å². The van der Waals surface area contributed by atoms with Crippen molar-refractivity contribution in [3.63, 3.8) is 0 Å². The van der Waals surface area contributed by atoms with Gasteiger partial charge >= 0.3 is 6.03 Å². The molecule has 1 aliphatic rings. The van der Waals surface area contributed by atoms with E-state index in [0.29, 0.717) is 12.1 Å². The van der Waals surface area contributed by atoms with Crippen LogP contribution in [0.25, 0.3) is 0 Å². The van der Waals surface area contributed by atoms with Crippen molar-refractivity contribution in [3.8, 4) is 0 Å². The number of hydrogen-bond acceptors (Lipinski definition) is 4. The van der Waals surface area contributed by atoms with Gasteiger partial charge in [-0.15, -0.1) is 11.3 Å². The van der Waals surface area contributed by atoms with Crippen molar-refractivity contribution in [2.24, 2.45) is 0 Å². The summed E-state index contributed by atoms with van der Waals surface area (Å²) in [5, 5.41) is 4.66. The molecule has 8 heteroatoms. The van der Waals surface area contributed by atoms with E-state index in [4.69, 9.17) is 0 Å². The summed E-state index contributed by atoms with van der Waals surface area (Å²) in [7, 11) is 1.65. The fraction of sp³-hybridized carbons (Fsp3) is 0.350. The summed E-state index contributed by atoms with van der Waals surface area (Å²) >= 11 is 1.56. The molecule has 1 atom stereocenters. The predicted octanol–water partition coefficient (Wildman–Crippen LogP) is 3.01. The number of halogens is 1. The second kappa shape index (κ2) is 7.71. The van der Waals surface area contributed by atoms with E-state index < -0.39 is 23.3 Å². The lowest BCUT2D eigenvalue weighted by atomic mass is 9.87. The van der Waals surface area contributed by atoms with Crippen LogP contribution >= 0.6 is 11.3 Å². The second-order valence-corrected chi connectivity index (χ2v) is 7.86. The number of hydrogen-bond donors (Lipinski definition) is 1. The number of imide groups is 1. The highest BCUT2D eigenvalue weighted by molar-refractivity contribution is 7.10. The number of aryl methyl sites for hydroxylation is 1. The summed E-state index contributed by atoms with van der Waals surface area (Å²) in [6.45, 7) is 3.82. The predicted molar refractivity (Wildman–Crippen MR) is 104 cm³/mol. The van der Waals surface area contributed by atoms with Crippen LogP contribution in [0.5, 0.6) is 0 Å². The molecule has 148 valence electrons. The topological polar surface area (TPSA) is 69.7 Å². The van der Waals surface area contributed by atoms with Crippen molar-refractivity contribution in [1.29, 1.82) is 0 Å². The van der Waals surface area contributed by atoms with E-state index in [0.717, 1.165) is 15.3 Å². The van der Waals surface area contributed by atoms with Crippen molar-refractivity contribution >= 4 is 29.2 Å². The Bertz CT molecular complexity index is 912. The Balaban J connectivity index is 1.76. The molecule has 4 amide bonds. The van der Waals surface area contributed by atoms with Crippen molar-refractivity contribution in [3.05, 3.63) is 57.5 Å². The molecule has 28 heavy (non-hydrogen) atoms. The van der Waals surface area contributed by atoms with Gasteiger partial charge in [-0.25, -0.2) is 9.18 Å². The van der Waals surface area contributed by atoms with Crippen LogP contribution in [0.2, 0.25) is 0 Å². The smallest absolute Gasteiger partial charge is 0.325 e. The molecule has 1 aliphatic heterocycles. The number of thiophene rings is 1. The van der Waals surface area contributed by atoms with E-state index in [1.807, 2.05) is 18.4 Å². The van der Waals surface area contributed by atoms with E-state index >= 15 is 0 Å². The summed E-state index contributed by atoms with van der Waals surface area (Å²) in [5.74, 6) is -1.26. The first-order chi connectivity index (χ1) is 13.3. The van der Waals surface area contributed by atoms with Gasteiger partial charge in [-0.1, -0.05) is 19.1 Å². The highest BCUT2D eigenvalue weighted by Crippen LogP contribution is 2.32. The summed E-state index contributed by atoms with van der Waals surface area (Å²) in [4.78, 5) is 41.7. The third-order valence-electron chi connectivity index (χ3n) is 5.11. The van der Waals surface area contributed by atoms with Gasteiger partial charge < -0.3 is 10.2 Å². The molecule has 1 saturated heterocycles. The number of amides is 4. The highest BCUT2D eigenvalue weighted by atomic mass is 32.1. The summed E-state index contributed by atoms with van der Waals surface area (Å²) in [6, 6.07) is 6.81. The maximum Gasteiger partial charge on any atom is 0.325 e. The molecule has 3 rings (SSSR count). The van der Waals surface area contributed by atoms with E-state index in [9.17, 15) is 18.8 Å². The summed E-state index contributed by atoms with van der Waals surface area (Å²) in [6.07, 6.45) is 0.290. The third kappa shape index (κ3) is 3.52. The van der Waals surface area contributed by atoms with Gasteiger partial charge in [0.05, 0.1) is 6.54 Å². The minimum Gasteiger partial charge on any atom is -0.339 e. The molecule has 1 N–H and O–H groups in total. The van der Waals surface area contributed by atoms with Gasteiger partial charge in [0.15, 0.2) is 0 Å². The SMILES string of the molecule is CC[C@]1(c2ccc(F)cc2)NC(=O)N(CC(=O)N(C)Cc2sccc2C)C1=O. The van der Waals surface area contributed by atoms with Gasteiger partial charge in [0.25, 0.3) is 5.91 Å². The van der Waals surface area contributed by atoms with Crippen LogP contribution in [0.4, 0.5) is 9.18 Å². The van der Waals surface area contributed by atoms with Gasteiger partial charge in [0.1, 0.15) is 17.9 Å². The molecule has 0 aliphatic carbocycles. The molecule has 6 nitrogen and oxygen atoms in total. The number of nitrogens with one attached hydrogen (secondary N) is 1. The Hall–Kier alpha value is -2.74. The number of likely N-dealkylation sites (N-methyl/N-ethyl adjacent to an activating group) is 1. The van der Waals surface area contributed by atoms with Crippen LogP contribution in [-0.4, -0.2) is 41.2 Å². The second-order valence-electron chi connectivity index (χ2n) is 6.86. The lowest BCUT2D eigenvalue weighted by Gasteiger charge is -2.26. The molecule has 0 spiro atoms. The van der Waals surface area contributed by atoms with E-state index in [1.165, 1.54) is 29.2 Å². The van der Waals surface area contributed by atoms with Crippen molar-refractivity contribution < 1.29 is 18.8 Å². The van der Waals surface area contributed by atoms with Gasteiger partial charge in [-0.2, -0.15) is 0 Å². The maximum atomic E-state index is 13.3.